The van der Waals surface area contributed by atoms with Gasteiger partial charge in [-0.3, -0.25) is 4.79 Å². The standard InChI is InChI=1S/C19H16O2/c1-21-19(20)12-14-6-8-16(9-7-14)18-11-10-15-4-2-3-5-17(15)13-18/h2-11,13H,12H2,1H3. The zero-order chi connectivity index (χ0) is 14.7. The second-order valence-electron chi connectivity index (χ2n) is 5.01. The molecule has 2 heteroatoms. The molecule has 0 amide bonds. The zero-order valence-corrected chi connectivity index (χ0v) is 11.9. The molecule has 104 valence electrons. The van der Waals surface area contributed by atoms with Crippen molar-refractivity contribution in [3.05, 3.63) is 72.3 Å². The van der Waals surface area contributed by atoms with Crippen LogP contribution in [0.15, 0.2) is 66.7 Å². The summed E-state index contributed by atoms with van der Waals surface area (Å²) in [6.07, 6.45) is 0.314. The molecule has 2 nitrogen and oxygen atoms in total. The molecule has 0 N–H and O–H groups in total. The highest BCUT2D eigenvalue weighted by Crippen LogP contribution is 2.24. The Morgan fingerprint density at radius 1 is 0.857 bits per heavy atom. The lowest BCUT2D eigenvalue weighted by Crippen LogP contribution is -2.04. The largest absolute Gasteiger partial charge is 0.469 e. The summed E-state index contributed by atoms with van der Waals surface area (Å²) < 4.78 is 4.68. The molecule has 0 aliphatic carbocycles. The predicted molar refractivity (Wildman–Crippen MR) is 85.1 cm³/mol. The van der Waals surface area contributed by atoms with Crippen LogP contribution >= 0.6 is 0 Å². The summed E-state index contributed by atoms with van der Waals surface area (Å²) in [6.45, 7) is 0. The van der Waals surface area contributed by atoms with E-state index in [1.54, 1.807) is 0 Å². The summed E-state index contributed by atoms with van der Waals surface area (Å²) in [5.74, 6) is -0.214. The van der Waals surface area contributed by atoms with Crippen LogP contribution < -0.4 is 0 Å². The van der Waals surface area contributed by atoms with Gasteiger partial charge in [0, 0.05) is 0 Å². The van der Waals surface area contributed by atoms with Gasteiger partial charge in [0.05, 0.1) is 13.5 Å². The number of carbonyl (C=O) groups excluding carboxylic acids is 1. The van der Waals surface area contributed by atoms with Crippen LogP contribution in [0, 0.1) is 0 Å². The van der Waals surface area contributed by atoms with Crippen molar-refractivity contribution in [2.75, 3.05) is 7.11 Å². The molecule has 0 bridgehead atoms. The van der Waals surface area contributed by atoms with Crippen LogP contribution in [0.3, 0.4) is 0 Å². The van der Waals surface area contributed by atoms with Gasteiger partial charge in [0.1, 0.15) is 0 Å². The monoisotopic (exact) mass is 276 g/mol. The molecule has 0 spiro atoms. The predicted octanol–water partition coefficient (Wildman–Crippen LogP) is 4.22. The first-order valence-electron chi connectivity index (χ1n) is 6.91. The van der Waals surface area contributed by atoms with Crippen LogP contribution in [0.5, 0.6) is 0 Å². The Morgan fingerprint density at radius 3 is 2.24 bits per heavy atom. The lowest BCUT2D eigenvalue weighted by molar-refractivity contribution is -0.139. The summed E-state index contributed by atoms with van der Waals surface area (Å²) >= 11 is 0. The summed E-state index contributed by atoms with van der Waals surface area (Å²) in [5.41, 5.74) is 3.29. The van der Waals surface area contributed by atoms with Gasteiger partial charge in [-0.25, -0.2) is 0 Å². The molecule has 0 atom stereocenters. The van der Waals surface area contributed by atoms with E-state index in [-0.39, 0.29) is 5.97 Å². The van der Waals surface area contributed by atoms with Crippen LogP contribution in [0.4, 0.5) is 0 Å². The van der Waals surface area contributed by atoms with Crippen molar-refractivity contribution < 1.29 is 9.53 Å². The third-order valence-corrected chi connectivity index (χ3v) is 3.61. The van der Waals surface area contributed by atoms with Crippen molar-refractivity contribution in [3.63, 3.8) is 0 Å². The molecule has 3 aromatic carbocycles. The van der Waals surface area contributed by atoms with Crippen molar-refractivity contribution in [3.8, 4) is 11.1 Å². The molecule has 3 aromatic rings. The molecular weight excluding hydrogens is 260 g/mol. The number of methoxy groups -OCH3 is 1. The van der Waals surface area contributed by atoms with Gasteiger partial charge in [-0.2, -0.15) is 0 Å². The van der Waals surface area contributed by atoms with E-state index in [1.807, 2.05) is 36.4 Å². The van der Waals surface area contributed by atoms with Crippen molar-refractivity contribution in [2.24, 2.45) is 0 Å². The number of benzene rings is 3. The zero-order valence-electron chi connectivity index (χ0n) is 11.9. The molecule has 0 unspecified atom stereocenters. The normalized spacial score (nSPS) is 10.5. The fourth-order valence-corrected chi connectivity index (χ4v) is 2.42. The second kappa shape index (κ2) is 5.80. The highest BCUT2D eigenvalue weighted by Gasteiger charge is 2.04. The number of hydrogen-bond donors (Lipinski definition) is 0. The van der Waals surface area contributed by atoms with Gasteiger partial charge in [-0.1, -0.05) is 60.7 Å². The number of rotatable bonds is 3. The van der Waals surface area contributed by atoms with Crippen LogP contribution in [0.25, 0.3) is 21.9 Å². The van der Waals surface area contributed by atoms with Crippen LogP contribution in [-0.4, -0.2) is 13.1 Å². The smallest absolute Gasteiger partial charge is 0.309 e. The first-order valence-corrected chi connectivity index (χ1v) is 6.91. The average Bonchev–Trinajstić information content (AvgIpc) is 2.55. The second-order valence-corrected chi connectivity index (χ2v) is 5.01. The number of fused-ring (bicyclic) bond motifs is 1. The number of carbonyl (C=O) groups is 1. The highest BCUT2D eigenvalue weighted by molar-refractivity contribution is 5.87. The highest BCUT2D eigenvalue weighted by atomic mass is 16.5. The summed E-state index contributed by atoms with van der Waals surface area (Å²) in [7, 11) is 1.41. The van der Waals surface area contributed by atoms with Crippen LogP contribution in [0.1, 0.15) is 5.56 Å². The van der Waals surface area contributed by atoms with E-state index in [2.05, 4.69) is 35.1 Å². The molecule has 0 heterocycles. The fourth-order valence-electron chi connectivity index (χ4n) is 2.42. The lowest BCUT2D eigenvalue weighted by Gasteiger charge is -2.06. The topological polar surface area (TPSA) is 26.3 Å². The molecular formula is C19H16O2. The van der Waals surface area contributed by atoms with E-state index in [0.29, 0.717) is 6.42 Å². The maximum Gasteiger partial charge on any atom is 0.309 e. The maximum absolute atomic E-state index is 11.3. The molecule has 0 aromatic heterocycles. The minimum atomic E-state index is -0.214. The van der Waals surface area contributed by atoms with Gasteiger partial charge in [-0.15, -0.1) is 0 Å². The average molecular weight is 276 g/mol. The van der Waals surface area contributed by atoms with Gasteiger partial charge in [-0.05, 0) is 33.5 Å². The van der Waals surface area contributed by atoms with Crippen LogP contribution in [-0.2, 0) is 16.0 Å². The summed E-state index contributed by atoms with van der Waals surface area (Å²) in [4.78, 5) is 11.3. The van der Waals surface area contributed by atoms with Gasteiger partial charge in [0.15, 0.2) is 0 Å². The molecule has 21 heavy (non-hydrogen) atoms. The SMILES string of the molecule is COC(=O)Cc1ccc(-c2ccc3ccccc3c2)cc1. The first kappa shape index (κ1) is 13.4. The van der Waals surface area contributed by atoms with Crippen molar-refractivity contribution in [2.45, 2.75) is 6.42 Å². The molecule has 3 rings (SSSR count). The number of esters is 1. The minimum absolute atomic E-state index is 0.214. The molecule has 0 aliphatic heterocycles. The van der Waals surface area contributed by atoms with Gasteiger partial charge < -0.3 is 4.74 Å². The summed E-state index contributed by atoms with van der Waals surface area (Å²) in [5, 5.41) is 2.47. The van der Waals surface area contributed by atoms with Crippen molar-refractivity contribution in [1.82, 2.24) is 0 Å². The number of ether oxygens (including phenoxy) is 1. The Labute approximate surface area is 124 Å². The van der Waals surface area contributed by atoms with E-state index >= 15 is 0 Å². The van der Waals surface area contributed by atoms with E-state index in [9.17, 15) is 4.79 Å². The van der Waals surface area contributed by atoms with E-state index < -0.39 is 0 Å². The molecule has 0 aliphatic rings. The Balaban J connectivity index is 1.90. The number of hydrogen-bond acceptors (Lipinski definition) is 2. The summed E-state index contributed by atoms with van der Waals surface area (Å²) in [6, 6.07) is 22.8. The van der Waals surface area contributed by atoms with Crippen molar-refractivity contribution in [1.29, 1.82) is 0 Å². The molecule has 0 fully saturated rings. The molecule has 0 radical (unpaired) electrons. The van der Waals surface area contributed by atoms with E-state index in [1.165, 1.54) is 23.4 Å². The molecule has 0 saturated carbocycles. The third-order valence-electron chi connectivity index (χ3n) is 3.61. The van der Waals surface area contributed by atoms with Gasteiger partial charge in [0.25, 0.3) is 0 Å². The quantitative estimate of drug-likeness (QED) is 0.669. The first-order chi connectivity index (χ1) is 10.3. The fraction of sp³-hybridized carbons (Fsp3) is 0.105. The Bertz CT molecular complexity index is 773. The molecule has 0 saturated heterocycles. The maximum atomic E-state index is 11.3. The third kappa shape index (κ3) is 2.95. The Morgan fingerprint density at radius 2 is 1.52 bits per heavy atom. The van der Waals surface area contributed by atoms with Crippen molar-refractivity contribution >= 4 is 16.7 Å². The Hall–Kier alpha value is -2.61. The van der Waals surface area contributed by atoms with Gasteiger partial charge in [0.2, 0.25) is 0 Å². The van der Waals surface area contributed by atoms with Gasteiger partial charge >= 0.3 is 5.97 Å². The van der Waals surface area contributed by atoms with E-state index in [4.69, 9.17) is 0 Å². The van der Waals surface area contributed by atoms with E-state index in [0.717, 1.165) is 11.1 Å². The van der Waals surface area contributed by atoms with Crippen LogP contribution in [0.2, 0.25) is 0 Å². The minimum Gasteiger partial charge on any atom is -0.469 e. The lowest BCUT2D eigenvalue weighted by atomic mass is 10.00. The Kier molecular flexibility index (Phi) is 3.69.